The van der Waals surface area contributed by atoms with Crippen LogP contribution in [0.4, 0.5) is 0 Å². The summed E-state index contributed by atoms with van der Waals surface area (Å²) >= 11 is 9.09. The van der Waals surface area contributed by atoms with Crippen molar-refractivity contribution in [2.75, 3.05) is 14.2 Å². The van der Waals surface area contributed by atoms with Crippen molar-refractivity contribution in [3.05, 3.63) is 83.8 Å². The summed E-state index contributed by atoms with van der Waals surface area (Å²) in [7, 11) is 3.14. The van der Waals surface area contributed by atoms with Gasteiger partial charge < -0.3 is 14.2 Å². The number of methoxy groups -OCH3 is 2. The van der Waals surface area contributed by atoms with E-state index in [1.807, 2.05) is 36.4 Å². The number of hydrogen-bond donors (Lipinski definition) is 1. The highest BCUT2D eigenvalue weighted by molar-refractivity contribution is 14.1. The van der Waals surface area contributed by atoms with E-state index in [2.05, 4.69) is 65.0 Å². The Bertz CT molecular complexity index is 1140. The zero-order chi connectivity index (χ0) is 23.1. The van der Waals surface area contributed by atoms with Gasteiger partial charge in [0.15, 0.2) is 11.5 Å². The molecule has 1 N–H and O–H groups in total. The number of hydrogen-bond acceptors (Lipinski definition) is 5. The quantitative estimate of drug-likeness (QED) is 0.176. The van der Waals surface area contributed by atoms with Gasteiger partial charge in [-0.25, -0.2) is 5.43 Å². The van der Waals surface area contributed by atoms with Gasteiger partial charge in [0.25, 0.3) is 5.91 Å². The first-order valence-electron chi connectivity index (χ1n) is 9.33. The molecule has 32 heavy (non-hydrogen) atoms. The Morgan fingerprint density at radius 3 is 2.41 bits per heavy atom. The number of benzene rings is 3. The SMILES string of the molecule is COc1cc(C(=O)N/N=C\c2cc(OC)c(OCc3ccc(Br)cc3)cc2Br)ccc1I. The van der Waals surface area contributed by atoms with Gasteiger partial charge in [-0.1, -0.05) is 28.1 Å². The maximum atomic E-state index is 12.4. The molecule has 1 amide bonds. The van der Waals surface area contributed by atoms with Crippen LogP contribution in [0.2, 0.25) is 0 Å². The number of halogens is 3. The van der Waals surface area contributed by atoms with E-state index >= 15 is 0 Å². The third-order valence-electron chi connectivity index (χ3n) is 4.37. The van der Waals surface area contributed by atoms with Crippen molar-refractivity contribution in [3.8, 4) is 17.2 Å². The number of ether oxygens (including phenoxy) is 3. The van der Waals surface area contributed by atoms with Crippen LogP contribution in [-0.2, 0) is 6.61 Å². The van der Waals surface area contributed by atoms with Crippen LogP contribution in [0.15, 0.2) is 68.6 Å². The lowest BCUT2D eigenvalue weighted by Gasteiger charge is -2.13. The maximum absolute atomic E-state index is 12.4. The fourth-order valence-electron chi connectivity index (χ4n) is 2.69. The molecule has 0 spiro atoms. The molecule has 9 heteroatoms. The van der Waals surface area contributed by atoms with E-state index in [0.29, 0.717) is 29.4 Å². The first kappa shape index (κ1) is 24.5. The second-order valence-corrected chi connectivity index (χ2v) is 9.42. The molecule has 166 valence electrons. The summed E-state index contributed by atoms with van der Waals surface area (Å²) in [6.07, 6.45) is 1.53. The number of nitrogens with one attached hydrogen (secondary N) is 1. The van der Waals surface area contributed by atoms with Crippen molar-refractivity contribution in [1.82, 2.24) is 5.43 Å². The van der Waals surface area contributed by atoms with Crippen LogP contribution in [0.25, 0.3) is 0 Å². The van der Waals surface area contributed by atoms with Crippen LogP contribution >= 0.6 is 54.5 Å². The Hall–Kier alpha value is -2.11. The van der Waals surface area contributed by atoms with Gasteiger partial charge in [0.1, 0.15) is 12.4 Å². The molecule has 0 aliphatic heterocycles. The minimum atomic E-state index is -0.339. The fourth-order valence-corrected chi connectivity index (χ4v) is 3.93. The summed E-state index contributed by atoms with van der Waals surface area (Å²) in [6, 6.07) is 16.7. The highest BCUT2D eigenvalue weighted by Crippen LogP contribution is 2.33. The van der Waals surface area contributed by atoms with Crippen LogP contribution in [0.3, 0.4) is 0 Å². The number of hydrazone groups is 1. The van der Waals surface area contributed by atoms with Crippen LogP contribution < -0.4 is 19.6 Å². The lowest BCUT2D eigenvalue weighted by atomic mass is 10.2. The van der Waals surface area contributed by atoms with Crippen molar-refractivity contribution < 1.29 is 19.0 Å². The molecule has 0 bridgehead atoms. The van der Waals surface area contributed by atoms with E-state index in [1.165, 1.54) is 6.21 Å². The monoisotopic (exact) mass is 672 g/mol. The van der Waals surface area contributed by atoms with Crippen molar-refractivity contribution in [2.45, 2.75) is 6.61 Å². The largest absolute Gasteiger partial charge is 0.496 e. The molecule has 0 fully saturated rings. The molecule has 0 aliphatic carbocycles. The molecule has 0 aliphatic rings. The lowest BCUT2D eigenvalue weighted by molar-refractivity contribution is 0.0954. The van der Waals surface area contributed by atoms with E-state index in [0.717, 1.165) is 23.6 Å². The predicted octanol–water partition coefficient (Wildman–Crippen LogP) is 6.18. The minimum Gasteiger partial charge on any atom is -0.496 e. The summed E-state index contributed by atoms with van der Waals surface area (Å²) in [6.45, 7) is 0.402. The average Bonchev–Trinajstić information content (AvgIpc) is 2.80. The number of rotatable bonds is 8. The Balaban J connectivity index is 1.69. The normalized spacial score (nSPS) is 10.8. The summed E-state index contributed by atoms with van der Waals surface area (Å²) in [5.41, 5.74) is 4.73. The molecular weight excluding hydrogens is 655 g/mol. The highest BCUT2D eigenvalue weighted by atomic mass is 127. The average molecular weight is 674 g/mol. The van der Waals surface area contributed by atoms with Gasteiger partial charge in [-0.2, -0.15) is 5.10 Å². The molecule has 0 radical (unpaired) electrons. The molecular formula is C23H19Br2IN2O4. The van der Waals surface area contributed by atoms with Gasteiger partial charge in [0.2, 0.25) is 0 Å². The molecule has 0 unspecified atom stereocenters. The van der Waals surface area contributed by atoms with Crippen LogP contribution in [-0.4, -0.2) is 26.3 Å². The van der Waals surface area contributed by atoms with E-state index < -0.39 is 0 Å². The molecule has 6 nitrogen and oxygen atoms in total. The standard InChI is InChI=1S/C23H19Br2IN2O4/c1-30-20-9-15(5-8-19(20)26)23(29)28-27-12-16-10-21(31-2)22(11-18(16)25)32-13-14-3-6-17(24)7-4-14/h3-12H,13H2,1-2H3,(H,28,29)/b27-12-. The minimum absolute atomic E-state index is 0.339. The molecule has 3 aromatic carbocycles. The van der Waals surface area contributed by atoms with Crippen LogP contribution in [0.5, 0.6) is 17.2 Å². The summed E-state index contributed by atoms with van der Waals surface area (Å²) in [4.78, 5) is 12.4. The fraction of sp³-hybridized carbons (Fsp3) is 0.130. The molecule has 0 saturated carbocycles. The smallest absolute Gasteiger partial charge is 0.271 e. The summed E-state index contributed by atoms with van der Waals surface area (Å²) in [5.74, 6) is 1.44. The zero-order valence-electron chi connectivity index (χ0n) is 17.2. The van der Waals surface area contributed by atoms with E-state index in [9.17, 15) is 4.79 Å². The highest BCUT2D eigenvalue weighted by Gasteiger charge is 2.11. The Morgan fingerprint density at radius 2 is 1.72 bits per heavy atom. The summed E-state index contributed by atoms with van der Waals surface area (Å²) in [5, 5.41) is 4.07. The van der Waals surface area contributed by atoms with Crippen molar-refractivity contribution >= 4 is 66.6 Å². The second-order valence-electron chi connectivity index (χ2n) is 6.49. The maximum Gasteiger partial charge on any atom is 0.271 e. The first-order chi connectivity index (χ1) is 15.4. The molecule has 0 heterocycles. The molecule has 0 saturated heterocycles. The Morgan fingerprint density at radius 1 is 1.00 bits per heavy atom. The number of amides is 1. The van der Waals surface area contributed by atoms with Crippen molar-refractivity contribution in [3.63, 3.8) is 0 Å². The third-order valence-corrected chi connectivity index (χ3v) is 6.48. The van der Waals surface area contributed by atoms with Gasteiger partial charge in [-0.3, -0.25) is 4.79 Å². The molecule has 3 aromatic rings. The molecule has 0 atom stereocenters. The second kappa shape index (κ2) is 11.7. The van der Waals surface area contributed by atoms with Crippen molar-refractivity contribution in [2.24, 2.45) is 5.10 Å². The van der Waals surface area contributed by atoms with E-state index in [1.54, 1.807) is 32.4 Å². The number of carbonyl (C=O) groups excluding carboxylic acids is 1. The topological polar surface area (TPSA) is 69.2 Å². The molecule has 3 rings (SSSR count). The van der Waals surface area contributed by atoms with E-state index in [4.69, 9.17) is 14.2 Å². The number of nitrogens with zero attached hydrogens (tertiary/aromatic N) is 1. The van der Waals surface area contributed by atoms with Gasteiger partial charge >= 0.3 is 0 Å². The van der Waals surface area contributed by atoms with Crippen molar-refractivity contribution in [1.29, 1.82) is 0 Å². The van der Waals surface area contributed by atoms with Gasteiger partial charge in [-0.05, 0) is 86.5 Å². The summed E-state index contributed by atoms with van der Waals surface area (Å²) < 4.78 is 19.3. The van der Waals surface area contributed by atoms with Crippen LogP contribution in [0.1, 0.15) is 21.5 Å². The Labute approximate surface area is 216 Å². The number of carbonyl (C=O) groups is 1. The Kier molecular flexibility index (Phi) is 8.94. The third kappa shape index (κ3) is 6.46. The van der Waals surface area contributed by atoms with Gasteiger partial charge in [-0.15, -0.1) is 0 Å². The predicted molar refractivity (Wildman–Crippen MR) is 140 cm³/mol. The lowest BCUT2D eigenvalue weighted by Crippen LogP contribution is -2.17. The van der Waals surface area contributed by atoms with Gasteiger partial charge in [0, 0.05) is 20.1 Å². The zero-order valence-corrected chi connectivity index (χ0v) is 22.5. The first-order valence-corrected chi connectivity index (χ1v) is 12.0. The molecule has 0 aromatic heterocycles. The van der Waals surface area contributed by atoms with E-state index in [-0.39, 0.29) is 5.91 Å². The van der Waals surface area contributed by atoms with Gasteiger partial charge in [0.05, 0.1) is 24.0 Å². The van der Waals surface area contributed by atoms with Crippen LogP contribution in [0, 0.1) is 3.57 Å².